The smallest absolute Gasteiger partial charge is 0.0892 e. The maximum atomic E-state index is 5.73. The predicted molar refractivity (Wildman–Crippen MR) is 57.3 cm³/mol. The molecule has 0 unspecified atom stereocenters. The van der Waals surface area contributed by atoms with Gasteiger partial charge in [-0.25, -0.2) is 0 Å². The van der Waals surface area contributed by atoms with Gasteiger partial charge >= 0.3 is 0 Å². The van der Waals surface area contributed by atoms with Crippen LogP contribution in [0, 0.1) is 0 Å². The average molecular weight is 208 g/mol. The zero-order valence-electron chi connectivity index (χ0n) is 8.69. The van der Waals surface area contributed by atoms with E-state index >= 15 is 0 Å². The van der Waals surface area contributed by atoms with Crippen molar-refractivity contribution in [3.8, 4) is 0 Å². The summed E-state index contributed by atoms with van der Waals surface area (Å²) < 4.78 is 11.0. The summed E-state index contributed by atoms with van der Waals surface area (Å²) in [5.74, 6) is 0. The number of nitrogens with zero attached hydrogens (tertiary/aromatic N) is 1. The number of nitrogens with two attached hydrogens (primary N) is 1. The second-order valence-corrected chi connectivity index (χ2v) is 3.70. The van der Waals surface area contributed by atoms with Crippen molar-refractivity contribution in [2.75, 3.05) is 18.9 Å². The molecular formula is C11H16N2O2. The van der Waals surface area contributed by atoms with E-state index in [-0.39, 0.29) is 0 Å². The standard InChI is InChI=1S/C11H16N2O2/c12-9-1-4-13-10(7-9)8-15-11-2-5-14-6-3-11/h1,4,7,11H,2-3,5-6,8H2,(H2,12,13). The summed E-state index contributed by atoms with van der Waals surface area (Å²) in [6.07, 6.45) is 3.96. The minimum atomic E-state index is 0.307. The normalized spacial score (nSPS) is 17.9. The molecule has 0 amide bonds. The van der Waals surface area contributed by atoms with Crippen molar-refractivity contribution in [1.82, 2.24) is 4.98 Å². The Morgan fingerprint density at radius 3 is 3.00 bits per heavy atom. The van der Waals surface area contributed by atoms with Crippen LogP contribution in [0.2, 0.25) is 0 Å². The van der Waals surface area contributed by atoms with Crippen LogP contribution in [0.4, 0.5) is 5.69 Å². The number of anilines is 1. The molecule has 1 saturated heterocycles. The second-order valence-electron chi connectivity index (χ2n) is 3.70. The van der Waals surface area contributed by atoms with Gasteiger partial charge in [0.2, 0.25) is 0 Å². The summed E-state index contributed by atoms with van der Waals surface area (Å²) >= 11 is 0. The van der Waals surface area contributed by atoms with E-state index < -0.39 is 0 Å². The van der Waals surface area contributed by atoms with Crippen LogP contribution >= 0.6 is 0 Å². The van der Waals surface area contributed by atoms with E-state index in [2.05, 4.69) is 4.98 Å². The summed E-state index contributed by atoms with van der Waals surface area (Å²) in [7, 11) is 0. The highest BCUT2D eigenvalue weighted by atomic mass is 16.5. The summed E-state index contributed by atoms with van der Waals surface area (Å²) in [6, 6.07) is 3.62. The Labute approximate surface area is 89.4 Å². The number of ether oxygens (including phenoxy) is 2. The van der Waals surface area contributed by atoms with Gasteiger partial charge in [0.1, 0.15) is 0 Å². The first-order valence-electron chi connectivity index (χ1n) is 5.24. The lowest BCUT2D eigenvalue weighted by Crippen LogP contribution is -2.23. The highest BCUT2D eigenvalue weighted by Gasteiger charge is 2.14. The van der Waals surface area contributed by atoms with Gasteiger partial charge in [-0.2, -0.15) is 0 Å². The Morgan fingerprint density at radius 1 is 1.47 bits per heavy atom. The van der Waals surface area contributed by atoms with Gasteiger partial charge in [-0.1, -0.05) is 0 Å². The van der Waals surface area contributed by atoms with Crippen molar-refractivity contribution in [3.63, 3.8) is 0 Å². The summed E-state index contributed by atoms with van der Waals surface area (Å²) in [6.45, 7) is 2.14. The van der Waals surface area contributed by atoms with Gasteiger partial charge in [-0.15, -0.1) is 0 Å². The Bertz CT molecular complexity index is 311. The molecule has 1 aromatic rings. The molecule has 0 bridgehead atoms. The minimum absolute atomic E-state index is 0.307. The Balaban J connectivity index is 1.81. The van der Waals surface area contributed by atoms with Gasteiger partial charge in [0.25, 0.3) is 0 Å². The van der Waals surface area contributed by atoms with Crippen LogP contribution in [0.15, 0.2) is 18.3 Å². The third-order valence-corrected chi connectivity index (χ3v) is 2.48. The lowest BCUT2D eigenvalue weighted by Gasteiger charge is -2.22. The first-order valence-corrected chi connectivity index (χ1v) is 5.24. The Morgan fingerprint density at radius 2 is 2.27 bits per heavy atom. The summed E-state index contributed by atoms with van der Waals surface area (Å²) in [5.41, 5.74) is 7.27. The molecule has 1 aromatic heterocycles. The van der Waals surface area contributed by atoms with Crippen molar-refractivity contribution in [3.05, 3.63) is 24.0 Å². The third kappa shape index (κ3) is 3.18. The number of rotatable bonds is 3. The van der Waals surface area contributed by atoms with E-state index in [1.54, 1.807) is 12.3 Å². The number of hydrogen-bond donors (Lipinski definition) is 1. The monoisotopic (exact) mass is 208 g/mol. The molecule has 1 aliphatic heterocycles. The van der Waals surface area contributed by atoms with Gasteiger partial charge in [-0.3, -0.25) is 4.98 Å². The van der Waals surface area contributed by atoms with Crippen LogP contribution in [0.3, 0.4) is 0 Å². The molecule has 4 nitrogen and oxygen atoms in total. The van der Waals surface area contributed by atoms with Crippen molar-refractivity contribution in [1.29, 1.82) is 0 Å². The molecule has 15 heavy (non-hydrogen) atoms. The molecule has 0 aromatic carbocycles. The fourth-order valence-electron chi connectivity index (χ4n) is 1.62. The molecule has 0 atom stereocenters. The van der Waals surface area contributed by atoms with E-state index in [0.29, 0.717) is 12.7 Å². The van der Waals surface area contributed by atoms with Crippen LogP contribution in [0.25, 0.3) is 0 Å². The number of nitrogen functional groups attached to an aromatic ring is 1. The van der Waals surface area contributed by atoms with Crippen molar-refractivity contribution in [2.45, 2.75) is 25.6 Å². The van der Waals surface area contributed by atoms with Crippen LogP contribution in [0.5, 0.6) is 0 Å². The SMILES string of the molecule is Nc1ccnc(COC2CCOCC2)c1. The van der Waals surface area contributed by atoms with Crippen molar-refractivity contribution in [2.24, 2.45) is 0 Å². The number of aromatic nitrogens is 1. The topological polar surface area (TPSA) is 57.4 Å². The van der Waals surface area contributed by atoms with Crippen LogP contribution in [0.1, 0.15) is 18.5 Å². The van der Waals surface area contributed by atoms with E-state index in [1.165, 1.54) is 0 Å². The molecule has 1 aliphatic rings. The van der Waals surface area contributed by atoms with Gasteiger partial charge in [0, 0.05) is 25.1 Å². The molecule has 0 aliphatic carbocycles. The molecular weight excluding hydrogens is 192 g/mol. The molecule has 0 radical (unpaired) electrons. The summed E-state index contributed by atoms with van der Waals surface area (Å²) in [4.78, 5) is 4.19. The van der Waals surface area contributed by atoms with Gasteiger partial charge in [0.15, 0.2) is 0 Å². The fourth-order valence-corrected chi connectivity index (χ4v) is 1.62. The van der Waals surface area contributed by atoms with E-state index in [1.807, 2.05) is 6.07 Å². The maximum absolute atomic E-state index is 5.73. The zero-order chi connectivity index (χ0) is 10.5. The van der Waals surface area contributed by atoms with E-state index in [0.717, 1.165) is 37.4 Å². The first kappa shape index (κ1) is 10.4. The number of hydrogen-bond acceptors (Lipinski definition) is 4. The highest BCUT2D eigenvalue weighted by Crippen LogP contribution is 2.13. The summed E-state index contributed by atoms with van der Waals surface area (Å²) in [5, 5.41) is 0. The molecule has 2 N–H and O–H groups in total. The van der Waals surface area contributed by atoms with Crippen molar-refractivity contribution >= 4 is 5.69 Å². The second kappa shape index (κ2) is 5.09. The van der Waals surface area contributed by atoms with Gasteiger partial charge < -0.3 is 15.2 Å². The lowest BCUT2D eigenvalue weighted by atomic mass is 10.1. The van der Waals surface area contributed by atoms with Crippen molar-refractivity contribution < 1.29 is 9.47 Å². The third-order valence-electron chi connectivity index (χ3n) is 2.48. The molecule has 0 saturated carbocycles. The molecule has 82 valence electrons. The largest absolute Gasteiger partial charge is 0.399 e. The van der Waals surface area contributed by atoms with Crippen LogP contribution in [-0.4, -0.2) is 24.3 Å². The minimum Gasteiger partial charge on any atom is -0.399 e. The molecule has 0 spiro atoms. The molecule has 4 heteroatoms. The first-order chi connectivity index (χ1) is 7.34. The number of pyridine rings is 1. The quantitative estimate of drug-likeness (QED) is 0.814. The molecule has 2 heterocycles. The lowest BCUT2D eigenvalue weighted by molar-refractivity contribution is -0.0399. The average Bonchev–Trinajstić information content (AvgIpc) is 2.28. The van der Waals surface area contributed by atoms with Crippen LogP contribution < -0.4 is 5.73 Å². The fraction of sp³-hybridized carbons (Fsp3) is 0.545. The van der Waals surface area contributed by atoms with Gasteiger partial charge in [0.05, 0.1) is 18.4 Å². The van der Waals surface area contributed by atoms with E-state index in [9.17, 15) is 0 Å². The Hall–Kier alpha value is -1.13. The maximum Gasteiger partial charge on any atom is 0.0892 e. The molecule has 2 rings (SSSR count). The Kier molecular flexibility index (Phi) is 3.53. The highest BCUT2D eigenvalue weighted by molar-refractivity contribution is 5.36. The van der Waals surface area contributed by atoms with E-state index in [4.69, 9.17) is 15.2 Å². The molecule has 1 fully saturated rings. The zero-order valence-corrected chi connectivity index (χ0v) is 8.69. The van der Waals surface area contributed by atoms with Gasteiger partial charge in [-0.05, 0) is 25.0 Å². The predicted octanol–water partition coefficient (Wildman–Crippen LogP) is 1.36. The van der Waals surface area contributed by atoms with Crippen LogP contribution in [-0.2, 0) is 16.1 Å².